The Morgan fingerprint density at radius 1 is 0.941 bits per heavy atom. The lowest BCUT2D eigenvalue weighted by atomic mass is 9.99. The number of nitrogens with zero attached hydrogens (tertiary/aromatic N) is 2. The van der Waals surface area contributed by atoms with Gasteiger partial charge in [-0.2, -0.15) is 0 Å². The first-order chi connectivity index (χ1) is 16.5. The topological polar surface area (TPSA) is 44.1 Å². The molecule has 174 valence electrons. The molecule has 0 aliphatic heterocycles. The second kappa shape index (κ2) is 10.5. The van der Waals surface area contributed by atoms with Crippen molar-refractivity contribution in [3.8, 4) is 22.6 Å². The van der Waals surface area contributed by atoms with E-state index in [0.29, 0.717) is 36.5 Å². The van der Waals surface area contributed by atoms with E-state index in [1.165, 1.54) is 10.6 Å². The molecule has 0 saturated carbocycles. The summed E-state index contributed by atoms with van der Waals surface area (Å²) in [5.41, 5.74) is 5.05. The fourth-order valence-corrected chi connectivity index (χ4v) is 4.19. The zero-order chi connectivity index (χ0) is 24.1. The lowest BCUT2D eigenvalue weighted by molar-refractivity contribution is 0.321. The van der Waals surface area contributed by atoms with Crippen molar-refractivity contribution in [3.63, 3.8) is 0 Å². The van der Waals surface area contributed by atoms with E-state index in [9.17, 15) is 9.18 Å². The van der Waals surface area contributed by atoms with Gasteiger partial charge in [0.2, 0.25) is 0 Å². The number of hydrogen-bond donors (Lipinski definition) is 0. The van der Waals surface area contributed by atoms with E-state index >= 15 is 0 Å². The third-order valence-corrected chi connectivity index (χ3v) is 5.83. The van der Waals surface area contributed by atoms with Crippen LogP contribution in [-0.4, -0.2) is 16.2 Å². The summed E-state index contributed by atoms with van der Waals surface area (Å²) in [4.78, 5) is 18.4. The molecule has 0 atom stereocenters. The maximum atomic E-state index is 14.6. The highest BCUT2D eigenvalue weighted by Crippen LogP contribution is 2.23. The molecule has 0 bridgehead atoms. The van der Waals surface area contributed by atoms with Crippen LogP contribution >= 0.6 is 0 Å². The Labute approximate surface area is 199 Å². The number of hydrogen-bond acceptors (Lipinski definition) is 3. The first-order valence-electron chi connectivity index (χ1n) is 11.7. The molecule has 0 fully saturated rings. The number of halogens is 1. The predicted octanol–water partition coefficient (Wildman–Crippen LogP) is 6.29. The number of rotatable bonds is 8. The van der Waals surface area contributed by atoms with Gasteiger partial charge in [-0.1, -0.05) is 67.9 Å². The Morgan fingerprint density at radius 3 is 2.29 bits per heavy atom. The van der Waals surface area contributed by atoms with E-state index < -0.39 is 5.82 Å². The van der Waals surface area contributed by atoms with Gasteiger partial charge in [0.25, 0.3) is 5.56 Å². The van der Waals surface area contributed by atoms with E-state index in [-0.39, 0.29) is 11.3 Å². The van der Waals surface area contributed by atoms with Gasteiger partial charge in [-0.3, -0.25) is 9.36 Å². The van der Waals surface area contributed by atoms with Gasteiger partial charge in [-0.15, -0.1) is 0 Å². The van der Waals surface area contributed by atoms with Crippen LogP contribution in [0.3, 0.4) is 0 Å². The molecule has 1 heterocycles. The standard InChI is InChI=1S/C29H29FN2O2/c1-4-9-27-25(18-21-12-14-23(15-13-21)22-10-7-6-8-11-22)29(33)32(20(3)31-27)24-16-17-28(34-5-2)26(30)19-24/h6-8,10-17,19H,4-5,9,18H2,1-3H3. The summed E-state index contributed by atoms with van der Waals surface area (Å²) >= 11 is 0. The fraction of sp³-hybridized carbons (Fsp3) is 0.241. The second-order valence-corrected chi connectivity index (χ2v) is 8.26. The van der Waals surface area contributed by atoms with Gasteiger partial charge in [0.15, 0.2) is 11.6 Å². The van der Waals surface area contributed by atoms with Gasteiger partial charge in [0.1, 0.15) is 5.82 Å². The quantitative estimate of drug-likeness (QED) is 0.313. The molecule has 0 aliphatic carbocycles. The lowest BCUT2D eigenvalue weighted by Crippen LogP contribution is -2.28. The average molecular weight is 457 g/mol. The summed E-state index contributed by atoms with van der Waals surface area (Å²) in [5.74, 6) is 0.216. The molecule has 0 unspecified atom stereocenters. The van der Waals surface area contributed by atoms with E-state index in [4.69, 9.17) is 9.72 Å². The van der Waals surface area contributed by atoms with Crippen molar-refractivity contribution in [2.24, 2.45) is 0 Å². The van der Waals surface area contributed by atoms with Crippen molar-refractivity contribution in [1.29, 1.82) is 0 Å². The molecule has 0 saturated heterocycles. The molecular formula is C29H29FN2O2. The first-order valence-corrected chi connectivity index (χ1v) is 11.7. The normalized spacial score (nSPS) is 10.9. The van der Waals surface area contributed by atoms with Gasteiger partial charge < -0.3 is 4.74 Å². The molecule has 0 aliphatic rings. The molecule has 5 heteroatoms. The zero-order valence-electron chi connectivity index (χ0n) is 19.8. The molecule has 0 radical (unpaired) electrons. The Bertz CT molecular complexity index is 1330. The molecule has 0 amide bonds. The molecular weight excluding hydrogens is 427 g/mol. The van der Waals surface area contributed by atoms with E-state index in [1.54, 1.807) is 26.0 Å². The lowest BCUT2D eigenvalue weighted by Gasteiger charge is -2.16. The Kier molecular flexibility index (Phi) is 7.21. The molecule has 4 rings (SSSR count). The Balaban J connectivity index is 1.73. The van der Waals surface area contributed by atoms with Crippen molar-refractivity contribution in [2.45, 2.75) is 40.0 Å². The molecule has 34 heavy (non-hydrogen) atoms. The van der Waals surface area contributed by atoms with Crippen LogP contribution in [0.2, 0.25) is 0 Å². The minimum absolute atomic E-state index is 0.161. The molecule has 0 N–H and O–H groups in total. The van der Waals surface area contributed by atoms with Crippen LogP contribution in [0.15, 0.2) is 77.6 Å². The summed E-state index contributed by atoms with van der Waals surface area (Å²) in [6.45, 7) is 6.03. The van der Waals surface area contributed by atoms with E-state index in [0.717, 1.165) is 28.8 Å². The van der Waals surface area contributed by atoms with Gasteiger partial charge >= 0.3 is 0 Å². The summed E-state index contributed by atoms with van der Waals surface area (Å²) in [5, 5.41) is 0. The van der Waals surface area contributed by atoms with Crippen molar-refractivity contribution in [2.75, 3.05) is 6.61 Å². The summed E-state index contributed by atoms with van der Waals surface area (Å²) in [6, 6.07) is 23.0. The smallest absolute Gasteiger partial charge is 0.261 e. The van der Waals surface area contributed by atoms with Crippen molar-refractivity contribution in [1.82, 2.24) is 9.55 Å². The number of aromatic nitrogens is 2. The van der Waals surface area contributed by atoms with Crippen LogP contribution in [0.1, 0.15) is 42.9 Å². The molecule has 1 aromatic heterocycles. The third kappa shape index (κ3) is 4.93. The summed E-state index contributed by atoms with van der Waals surface area (Å²) in [7, 11) is 0. The van der Waals surface area contributed by atoms with Crippen LogP contribution in [-0.2, 0) is 12.8 Å². The van der Waals surface area contributed by atoms with Gasteiger partial charge in [0, 0.05) is 18.1 Å². The highest BCUT2D eigenvalue weighted by Gasteiger charge is 2.17. The number of ether oxygens (including phenoxy) is 1. The van der Waals surface area contributed by atoms with Crippen molar-refractivity contribution in [3.05, 3.63) is 112 Å². The Morgan fingerprint density at radius 2 is 1.65 bits per heavy atom. The third-order valence-electron chi connectivity index (χ3n) is 5.83. The number of aryl methyl sites for hydroxylation is 2. The van der Waals surface area contributed by atoms with Gasteiger partial charge in [-0.25, -0.2) is 9.37 Å². The van der Waals surface area contributed by atoms with Crippen LogP contribution in [0, 0.1) is 12.7 Å². The van der Waals surface area contributed by atoms with Gasteiger partial charge in [-0.05, 0) is 49.1 Å². The molecule has 0 spiro atoms. The minimum atomic E-state index is -0.499. The molecule has 4 nitrogen and oxygen atoms in total. The maximum Gasteiger partial charge on any atom is 0.261 e. The maximum absolute atomic E-state index is 14.6. The monoisotopic (exact) mass is 456 g/mol. The van der Waals surface area contributed by atoms with Crippen LogP contribution in [0.5, 0.6) is 5.75 Å². The van der Waals surface area contributed by atoms with Crippen LogP contribution in [0.4, 0.5) is 4.39 Å². The minimum Gasteiger partial charge on any atom is -0.491 e. The van der Waals surface area contributed by atoms with Gasteiger partial charge in [0.05, 0.1) is 18.0 Å². The average Bonchev–Trinajstić information content (AvgIpc) is 2.84. The van der Waals surface area contributed by atoms with Crippen molar-refractivity contribution < 1.29 is 9.13 Å². The van der Waals surface area contributed by atoms with Crippen molar-refractivity contribution >= 4 is 0 Å². The first kappa shape index (κ1) is 23.4. The highest BCUT2D eigenvalue weighted by atomic mass is 19.1. The fourth-order valence-electron chi connectivity index (χ4n) is 4.19. The highest BCUT2D eigenvalue weighted by molar-refractivity contribution is 5.63. The summed E-state index contributed by atoms with van der Waals surface area (Å²) < 4.78 is 21.3. The largest absolute Gasteiger partial charge is 0.491 e. The SMILES string of the molecule is CCCc1nc(C)n(-c2ccc(OCC)c(F)c2)c(=O)c1Cc1ccc(-c2ccccc2)cc1. The van der Waals surface area contributed by atoms with E-state index in [2.05, 4.69) is 43.3 Å². The predicted molar refractivity (Wildman–Crippen MR) is 134 cm³/mol. The molecule has 4 aromatic rings. The molecule has 3 aromatic carbocycles. The zero-order valence-corrected chi connectivity index (χ0v) is 19.8. The van der Waals surface area contributed by atoms with E-state index in [1.807, 2.05) is 18.2 Å². The summed E-state index contributed by atoms with van der Waals surface area (Å²) in [6.07, 6.45) is 2.07. The number of benzene rings is 3. The second-order valence-electron chi connectivity index (χ2n) is 8.26. The van der Waals surface area contributed by atoms with Crippen LogP contribution < -0.4 is 10.3 Å². The van der Waals surface area contributed by atoms with Crippen LogP contribution in [0.25, 0.3) is 16.8 Å². The Hall–Kier alpha value is -3.73.